The van der Waals surface area contributed by atoms with Crippen molar-refractivity contribution >= 4 is 78.7 Å². The summed E-state index contributed by atoms with van der Waals surface area (Å²) in [5.41, 5.74) is 5.42. The Labute approximate surface area is 422 Å². The van der Waals surface area contributed by atoms with Crippen molar-refractivity contribution in [1.82, 2.24) is 59.7 Å². The molecule has 0 bridgehead atoms. The molecule has 8 aromatic rings. The van der Waals surface area contributed by atoms with E-state index in [1.807, 2.05) is 26.5 Å². The number of hydrogen-bond donors (Lipinski definition) is 2. The standard InChI is InChI=1S/2C23H22FN7O4.2H2S/c1-30-10-13(8-26-30)17-9-25-16-4-5-20(29-22(16)28-17)31(11-14-12-35-23(32)27-14)18-6-15(33-2)7-19(34-3)21(18)24;1-30-10-13(8-26-30)18-9-25-16-4-5-20(28-17-6-15(33-2)7-19(34-3)21(17)24)31(22(16)29-18)11-14-12-35-23(32)27-14;;/h2*4-10,14H,11-12H2,1-3H3,(H,27,32);2*1H2. The fourth-order valence-electron chi connectivity index (χ4n) is 7.61. The van der Waals surface area contributed by atoms with E-state index in [1.54, 1.807) is 73.9 Å². The molecule has 0 radical (unpaired) electrons. The van der Waals surface area contributed by atoms with Gasteiger partial charge in [0.2, 0.25) is 0 Å². The van der Waals surface area contributed by atoms with Crippen LogP contribution < -0.4 is 40.0 Å². The van der Waals surface area contributed by atoms with Gasteiger partial charge in [-0.2, -0.15) is 37.2 Å². The van der Waals surface area contributed by atoms with Gasteiger partial charge in [-0.05, 0) is 24.3 Å². The molecule has 2 atom stereocenters. The van der Waals surface area contributed by atoms with Crippen molar-refractivity contribution < 1.29 is 46.8 Å². The molecule has 2 unspecified atom stereocenters. The molecule has 72 heavy (non-hydrogen) atoms. The Balaban J connectivity index is 0.000000206. The molecule has 2 aliphatic heterocycles. The molecule has 22 nitrogen and oxygen atoms in total. The van der Waals surface area contributed by atoms with Gasteiger partial charge >= 0.3 is 12.2 Å². The lowest BCUT2D eigenvalue weighted by molar-refractivity contribution is 0.175. The number of aryl methyl sites for hydroxylation is 2. The minimum absolute atomic E-state index is 0. The monoisotopic (exact) mass is 1030 g/mol. The number of pyridine rings is 2. The number of halogens is 2. The third-order valence-electron chi connectivity index (χ3n) is 11.1. The highest BCUT2D eigenvalue weighted by molar-refractivity contribution is 7.59. The Morgan fingerprint density at radius 2 is 1.29 bits per heavy atom. The molecular formula is C46H48F2N14O8S2. The number of anilines is 2. The van der Waals surface area contributed by atoms with Gasteiger partial charge in [-0.1, -0.05) is 0 Å². The van der Waals surface area contributed by atoms with Gasteiger partial charge in [0.25, 0.3) is 0 Å². The van der Waals surface area contributed by atoms with Crippen LogP contribution in [0, 0.1) is 11.6 Å². The van der Waals surface area contributed by atoms with Gasteiger partial charge in [0.05, 0.1) is 82.4 Å². The lowest BCUT2D eigenvalue weighted by Crippen LogP contribution is -2.38. The van der Waals surface area contributed by atoms with Crippen molar-refractivity contribution in [3.05, 3.63) is 103 Å². The number of fused-ring (bicyclic) bond motifs is 2. The highest BCUT2D eigenvalue weighted by atomic mass is 32.1. The predicted octanol–water partition coefficient (Wildman–Crippen LogP) is 5.38. The summed E-state index contributed by atoms with van der Waals surface area (Å²) in [6.07, 6.45) is 9.31. The van der Waals surface area contributed by atoms with Crippen LogP contribution in [0.25, 0.3) is 44.8 Å². The zero-order valence-electron chi connectivity index (χ0n) is 39.5. The molecule has 376 valence electrons. The first-order valence-electron chi connectivity index (χ1n) is 21.4. The zero-order valence-corrected chi connectivity index (χ0v) is 41.5. The molecule has 2 aliphatic rings. The summed E-state index contributed by atoms with van der Waals surface area (Å²) in [6, 6.07) is 12.1. The van der Waals surface area contributed by atoms with Crippen LogP contribution in [0.5, 0.6) is 23.0 Å². The average molecular weight is 1030 g/mol. The van der Waals surface area contributed by atoms with E-state index < -0.39 is 29.9 Å². The maximum Gasteiger partial charge on any atom is 0.407 e. The van der Waals surface area contributed by atoms with Gasteiger partial charge in [0.1, 0.15) is 52.7 Å². The first-order chi connectivity index (χ1) is 33.9. The lowest BCUT2D eigenvalue weighted by Gasteiger charge is -2.27. The quantitative estimate of drug-likeness (QED) is 0.148. The molecule has 26 heteroatoms. The molecule has 0 aliphatic carbocycles. The number of methoxy groups -OCH3 is 4. The number of nitrogens with one attached hydrogen (secondary N) is 2. The maximum absolute atomic E-state index is 15.5. The molecular weight excluding hydrogens is 979 g/mol. The Kier molecular flexibility index (Phi) is 15.9. The summed E-state index contributed by atoms with van der Waals surface area (Å²) in [5, 5.41) is 13.8. The molecule has 2 fully saturated rings. The molecule has 6 aromatic heterocycles. The molecule has 8 heterocycles. The SMILES string of the molecule is COc1cc(N=c2ccc3ncc(-c4cnn(C)c4)nc3n2CC2COC(=O)N2)c(F)c(OC)c1.COc1cc(OC)c(F)c(N(CC2COC(=O)N2)c2ccc3ncc(-c4cnn(C)c4)nc3n2)c1.S.S. The first-order valence-corrected chi connectivity index (χ1v) is 21.4. The minimum atomic E-state index is -0.632. The van der Waals surface area contributed by atoms with Crippen LogP contribution >= 0.6 is 27.0 Å². The summed E-state index contributed by atoms with van der Waals surface area (Å²) < 4.78 is 66.7. The van der Waals surface area contributed by atoms with E-state index in [-0.39, 0.29) is 82.2 Å². The van der Waals surface area contributed by atoms with E-state index in [9.17, 15) is 9.59 Å². The van der Waals surface area contributed by atoms with Crippen molar-refractivity contribution in [3.8, 4) is 45.5 Å². The van der Waals surface area contributed by atoms with Crippen LogP contribution in [0.2, 0.25) is 0 Å². The van der Waals surface area contributed by atoms with E-state index in [2.05, 4.69) is 45.8 Å². The summed E-state index contributed by atoms with van der Waals surface area (Å²) in [7, 11) is 9.33. The van der Waals surface area contributed by atoms with Crippen molar-refractivity contribution in [1.29, 1.82) is 0 Å². The predicted molar refractivity (Wildman–Crippen MR) is 268 cm³/mol. The third kappa shape index (κ3) is 11.0. The van der Waals surface area contributed by atoms with E-state index >= 15 is 8.78 Å². The summed E-state index contributed by atoms with van der Waals surface area (Å²) in [4.78, 5) is 52.6. The number of ether oxygens (including phenoxy) is 6. The molecule has 2 N–H and O–H groups in total. The number of amides is 2. The number of benzene rings is 2. The van der Waals surface area contributed by atoms with Crippen LogP contribution in [0.4, 0.5) is 35.6 Å². The second-order valence-corrected chi connectivity index (χ2v) is 15.8. The van der Waals surface area contributed by atoms with Crippen molar-refractivity contribution in [2.75, 3.05) is 53.1 Å². The van der Waals surface area contributed by atoms with E-state index in [0.717, 1.165) is 11.1 Å². The summed E-state index contributed by atoms with van der Waals surface area (Å²) in [5.74, 6) is -0.0336. The fourth-order valence-corrected chi connectivity index (χ4v) is 7.61. The van der Waals surface area contributed by atoms with Crippen LogP contribution in [-0.2, 0) is 30.1 Å². The number of rotatable bonds is 13. The smallest absolute Gasteiger partial charge is 0.407 e. The average Bonchev–Trinajstić information content (AvgIpc) is 4.21. The van der Waals surface area contributed by atoms with Crippen LogP contribution in [-0.4, -0.2) is 122 Å². The van der Waals surface area contributed by atoms with Crippen LogP contribution in [0.1, 0.15) is 0 Å². The highest BCUT2D eigenvalue weighted by Crippen LogP contribution is 2.37. The number of aromatic nitrogens is 10. The third-order valence-corrected chi connectivity index (χ3v) is 11.1. The largest absolute Gasteiger partial charge is 0.497 e. The van der Waals surface area contributed by atoms with Crippen molar-refractivity contribution in [2.24, 2.45) is 19.1 Å². The van der Waals surface area contributed by atoms with E-state index in [1.165, 1.54) is 46.6 Å². The number of carbonyl (C=O) groups excluding carboxylic acids is 2. The van der Waals surface area contributed by atoms with Crippen molar-refractivity contribution in [2.45, 2.75) is 18.6 Å². The lowest BCUT2D eigenvalue weighted by atomic mass is 10.2. The molecule has 0 spiro atoms. The summed E-state index contributed by atoms with van der Waals surface area (Å²) in [6.45, 7) is 0.762. The first kappa shape index (κ1) is 51.6. The van der Waals surface area contributed by atoms with Gasteiger partial charge in [-0.25, -0.2) is 38.3 Å². The molecule has 0 saturated carbocycles. The number of alkyl carbamates (subject to hydrolysis) is 2. The molecule has 10 rings (SSSR count). The second kappa shape index (κ2) is 22.2. The number of cyclic esters (lactones) is 2. The molecule has 2 saturated heterocycles. The zero-order chi connectivity index (χ0) is 49.1. The Bertz CT molecular complexity index is 3360. The maximum atomic E-state index is 15.5. The summed E-state index contributed by atoms with van der Waals surface area (Å²) >= 11 is 0. The second-order valence-electron chi connectivity index (χ2n) is 15.8. The Hall–Kier alpha value is -8.26. The molecule has 2 amide bonds. The normalized spacial score (nSPS) is 15.0. The van der Waals surface area contributed by atoms with Gasteiger partial charge in [0.15, 0.2) is 34.4 Å². The Morgan fingerprint density at radius 1 is 0.708 bits per heavy atom. The van der Waals surface area contributed by atoms with E-state index in [0.29, 0.717) is 56.5 Å². The van der Waals surface area contributed by atoms with Crippen LogP contribution in [0.3, 0.4) is 0 Å². The number of hydrogen-bond acceptors (Lipinski definition) is 17. The minimum Gasteiger partial charge on any atom is -0.497 e. The number of nitrogens with zero attached hydrogens (tertiary/aromatic N) is 12. The van der Waals surface area contributed by atoms with E-state index in [4.69, 9.17) is 33.4 Å². The highest BCUT2D eigenvalue weighted by Gasteiger charge is 2.29. The van der Waals surface area contributed by atoms with Gasteiger partial charge in [-0.15, -0.1) is 0 Å². The van der Waals surface area contributed by atoms with Crippen LogP contribution in [0.15, 0.2) is 90.7 Å². The van der Waals surface area contributed by atoms with Crippen molar-refractivity contribution in [3.63, 3.8) is 0 Å². The fraction of sp³-hybridized carbons (Fsp3) is 0.261. The number of carbonyl (C=O) groups is 2. The van der Waals surface area contributed by atoms with Gasteiger partial charge < -0.3 is 48.5 Å². The van der Waals surface area contributed by atoms with Gasteiger partial charge in [-0.3, -0.25) is 19.3 Å². The van der Waals surface area contributed by atoms with Gasteiger partial charge in [0, 0.05) is 75.0 Å². The molecule has 2 aromatic carbocycles. The Morgan fingerprint density at radius 3 is 1.88 bits per heavy atom. The topological polar surface area (TPSA) is 234 Å².